The maximum atomic E-state index is 2.65. The van der Waals surface area contributed by atoms with Crippen LogP contribution in [0.2, 0.25) is 0 Å². The molecule has 0 nitrogen and oxygen atoms in total. The van der Waals surface area contributed by atoms with Crippen molar-refractivity contribution in [3.8, 4) is 0 Å². The van der Waals surface area contributed by atoms with Crippen LogP contribution in [0.4, 0.5) is 0 Å². The van der Waals surface area contributed by atoms with E-state index in [1.54, 1.807) is 0 Å². The lowest BCUT2D eigenvalue weighted by atomic mass is 12.0. The Balaban J connectivity index is 2.93. The topological polar surface area (TPSA) is 0 Å². The first-order chi connectivity index (χ1) is 5.55. The summed E-state index contributed by atoms with van der Waals surface area (Å²) < 4.78 is 0. The first-order valence-corrected chi connectivity index (χ1v) is 21.1. The molecule has 0 radical (unpaired) electrons. The quantitative estimate of drug-likeness (QED) is 0.483. The van der Waals surface area contributed by atoms with Gasteiger partial charge in [0.25, 0.3) is 0 Å². The molecule has 0 fully saturated rings. The number of hydrogen-bond donors (Lipinski definition) is 0. The fourth-order valence-corrected chi connectivity index (χ4v) is 147. The highest BCUT2D eigenvalue weighted by Gasteiger charge is 2.16. The van der Waals surface area contributed by atoms with E-state index in [1.807, 2.05) is 0 Å². The second-order valence-corrected chi connectivity index (χ2v) is 44.6. The minimum absolute atomic E-state index is 0.563. The van der Waals surface area contributed by atoms with E-state index in [2.05, 4.69) is 33.3 Å². The molecule has 70 valence electrons. The Labute approximate surface area is 80.6 Å². The van der Waals surface area contributed by atoms with Crippen LogP contribution in [-0.4, -0.2) is 0 Å². The second-order valence-electron chi connectivity index (χ2n) is 2.98. The minimum atomic E-state index is 0.563. The Bertz CT molecular complexity index is 402. The van der Waals surface area contributed by atoms with Gasteiger partial charge in [0.05, 0.1) is 0 Å². The maximum Gasteiger partial charge on any atom is -0.0177 e. The van der Waals surface area contributed by atoms with Gasteiger partial charge in [-0.1, -0.05) is 34.4 Å². The zero-order valence-corrected chi connectivity index (χ0v) is 14.4. The summed E-state index contributed by atoms with van der Waals surface area (Å²) in [5.74, 6) is 0. The van der Waals surface area contributed by atoms with Gasteiger partial charge in [0, 0.05) is 0 Å². The second kappa shape index (κ2) is 3.59. The van der Waals surface area contributed by atoms with Crippen molar-refractivity contribution in [1.82, 2.24) is 0 Å². The van der Waals surface area contributed by atoms with Gasteiger partial charge in [-0.25, -0.2) is 0 Å². The van der Waals surface area contributed by atoms with Crippen LogP contribution >= 0.6 is 47.2 Å². The van der Waals surface area contributed by atoms with Crippen LogP contribution in [0.25, 0.3) is 0 Å². The van der Waals surface area contributed by atoms with Crippen LogP contribution in [0, 0.1) is 0 Å². The normalized spacial score (nSPS) is 22.2. The van der Waals surface area contributed by atoms with Gasteiger partial charge in [-0.2, -0.15) is 0 Å². The highest BCUT2D eigenvalue weighted by Crippen LogP contribution is 2.99. The molecule has 0 aliphatic rings. The van der Waals surface area contributed by atoms with Crippen LogP contribution in [0.15, 0.2) is 0 Å². The number of aryl methyl sites for hydroxylation is 4. The summed E-state index contributed by atoms with van der Waals surface area (Å²) in [6.45, 7) is 16.1. The van der Waals surface area contributed by atoms with Crippen LogP contribution < -0.4 is 0 Å². The van der Waals surface area contributed by atoms with Crippen molar-refractivity contribution >= 4 is 47.2 Å². The van der Waals surface area contributed by atoms with Gasteiger partial charge < -0.3 is 0 Å². The minimum Gasteiger partial charge on any atom is -0.0787 e. The molecule has 6 unspecified atom stereocenters. The Morgan fingerprint density at radius 2 is 0.667 bits per heavy atom. The monoisotopic (exact) mass is 292 g/mol. The molecule has 12 heavy (non-hydrogen) atoms. The SMILES string of the molecule is Cp1p(C)p2p(C)p(C)p2p1C. The smallest absolute Gasteiger partial charge is 0.0177 e. The van der Waals surface area contributed by atoms with Gasteiger partial charge >= 0.3 is 0 Å². The molecule has 0 spiro atoms. The molecule has 2 heterocycles. The molecule has 2 aromatic rings. The van der Waals surface area contributed by atoms with E-state index >= 15 is 0 Å². The zero-order valence-electron chi connectivity index (χ0n) is 8.13. The summed E-state index contributed by atoms with van der Waals surface area (Å²) in [4.78, 5) is 0. The lowest BCUT2D eigenvalue weighted by molar-refractivity contribution is 2.13. The Morgan fingerprint density at radius 3 is 1.00 bits per heavy atom. The van der Waals surface area contributed by atoms with Crippen molar-refractivity contribution < 1.29 is 0 Å². The zero-order chi connectivity index (χ0) is 9.04. The lowest BCUT2D eigenvalue weighted by Gasteiger charge is -2.13. The van der Waals surface area contributed by atoms with E-state index in [1.165, 1.54) is 0 Å². The molecular weight excluding hydrogens is 277 g/mol. The molecule has 2 aromatic heterocycles. The van der Waals surface area contributed by atoms with Crippen LogP contribution in [0.3, 0.4) is 0 Å². The molecule has 0 aliphatic carbocycles. The summed E-state index contributed by atoms with van der Waals surface area (Å²) in [5, 5.41) is 0. The average Bonchev–Trinajstić information content (AvgIpc) is 2.26. The molecule has 0 saturated heterocycles. The van der Waals surface area contributed by atoms with Crippen LogP contribution in [0.1, 0.15) is 0 Å². The maximum absolute atomic E-state index is 2.65. The summed E-state index contributed by atoms with van der Waals surface area (Å²) in [5.41, 5.74) is 0. The summed E-state index contributed by atoms with van der Waals surface area (Å²) >= 11 is 0. The van der Waals surface area contributed by atoms with E-state index in [0.29, 0.717) is 47.2 Å². The molecule has 0 amide bonds. The van der Waals surface area contributed by atoms with Crippen molar-refractivity contribution in [2.24, 2.45) is 33.3 Å². The van der Waals surface area contributed by atoms with Crippen molar-refractivity contribution in [3.05, 3.63) is 0 Å². The van der Waals surface area contributed by atoms with E-state index in [0.717, 1.165) is 0 Å². The third-order valence-corrected chi connectivity index (χ3v) is 87.8. The standard InChI is InChI=1S/C5H15P7/c1-6-7(2)11-9(4)10(5)12(11)8(6)3/h1-5H3. The molecule has 0 aromatic carbocycles. The molecule has 0 bridgehead atoms. The highest BCUT2D eigenvalue weighted by atomic mass is 32.9. The van der Waals surface area contributed by atoms with Gasteiger partial charge in [-0.3, -0.25) is 0 Å². The van der Waals surface area contributed by atoms with Gasteiger partial charge in [0.15, 0.2) is 0 Å². The molecule has 0 aliphatic heterocycles. The average molecular weight is 292 g/mol. The first-order valence-electron chi connectivity index (χ1n) is 3.84. The van der Waals surface area contributed by atoms with Crippen molar-refractivity contribution in [3.63, 3.8) is 0 Å². The molecule has 0 saturated carbocycles. The molecule has 2 rings (SSSR count). The molecule has 7 heteroatoms. The predicted molar refractivity (Wildman–Crippen MR) is 76.4 cm³/mol. The third-order valence-electron chi connectivity index (χ3n) is 2.45. The van der Waals surface area contributed by atoms with Crippen molar-refractivity contribution in [1.29, 1.82) is 0 Å². The molecular formula is C5H15P7. The molecule has 6 atom stereocenters. The fourth-order valence-electron chi connectivity index (χ4n) is 1.46. The fraction of sp³-hybridized carbons (Fsp3) is 1.00. The van der Waals surface area contributed by atoms with Gasteiger partial charge in [-0.15, -0.1) is 0 Å². The number of rotatable bonds is 0. The summed E-state index contributed by atoms with van der Waals surface area (Å²) in [7, 11) is 0. The molecule has 0 N–H and O–H groups in total. The van der Waals surface area contributed by atoms with Gasteiger partial charge in [0.2, 0.25) is 0 Å². The first kappa shape index (κ1) is 10.6. The van der Waals surface area contributed by atoms with E-state index in [9.17, 15) is 0 Å². The summed E-state index contributed by atoms with van der Waals surface area (Å²) in [6.07, 6.45) is 1.39. The number of hydrogen-bond acceptors (Lipinski definition) is 0. The van der Waals surface area contributed by atoms with Gasteiger partial charge in [0.1, 0.15) is 0 Å². The Morgan fingerprint density at radius 1 is 0.417 bits per heavy atom. The van der Waals surface area contributed by atoms with Crippen LogP contribution in [0.5, 0.6) is 0 Å². The lowest BCUT2D eigenvalue weighted by Crippen LogP contribution is -1.41. The van der Waals surface area contributed by atoms with Crippen molar-refractivity contribution in [2.45, 2.75) is 0 Å². The third kappa shape index (κ3) is 1.28. The Kier molecular flexibility index (Phi) is 3.18. The predicted octanol–water partition coefficient (Wildman–Crippen LogP) is 7.15. The number of fused-ring (bicyclic) bond motifs is 1. The van der Waals surface area contributed by atoms with Gasteiger partial charge in [-0.05, 0) is 46.1 Å². The summed E-state index contributed by atoms with van der Waals surface area (Å²) in [6, 6.07) is 0. The largest absolute Gasteiger partial charge is 0.0787 e. The van der Waals surface area contributed by atoms with E-state index in [4.69, 9.17) is 0 Å². The van der Waals surface area contributed by atoms with Crippen molar-refractivity contribution in [2.75, 3.05) is 0 Å². The van der Waals surface area contributed by atoms with E-state index < -0.39 is 0 Å². The highest BCUT2D eigenvalue weighted by molar-refractivity contribution is 8.95. The van der Waals surface area contributed by atoms with Crippen LogP contribution in [-0.2, 0) is 33.3 Å². The Hall–Kier alpha value is 2.10. The van der Waals surface area contributed by atoms with E-state index in [-0.39, 0.29) is 0 Å².